The second-order valence-electron chi connectivity index (χ2n) is 6.24. The summed E-state index contributed by atoms with van der Waals surface area (Å²) in [7, 11) is 0.166. The van der Waals surface area contributed by atoms with E-state index in [-0.39, 0.29) is 7.92 Å². The molecular weight excluding hydrogens is 628 g/mol. The van der Waals surface area contributed by atoms with Crippen molar-refractivity contribution < 1.29 is 0 Å². The van der Waals surface area contributed by atoms with Crippen molar-refractivity contribution in [1.29, 1.82) is 0 Å². The van der Waals surface area contributed by atoms with E-state index in [1.807, 2.05) is 0 Å². The van der Waals surface area contributed by atoms with Crippen LogP contribution in [0.3, 0.4) is 0 Å². The molecule has 0 saturated heterocycles. The van der Waals surface area contributed by atoms with Crippen LogP contribution >= 0.6 is 75.7 Å². The maximum absolute atomic E-state index is 2.82. The number of alkyl halides is 3. The first-order chi connectivity index (χ1) is 10.6. The zero-order chi connectivity index (χ0) is 16.8. The zero-order valence-corrected chi connectivity index (χ0v) is 22.2. The Morgan fingerprint density at radius 1 is 0.545 bits per heavy atom. The van der Waals surface area contributed by atoms with Crippen LogP contribution in [0.15, 0.2) is 0 Å². The van der Waals surface area contributed by atoms with Gasteiger partial charge in [-0.3, -0.25) is 0 Å². The third-order valence-electron chi connectivity index (χ3n) is 4.11. The molecule has 0 rings (SSSR count). The second-order valence-corrected chi connectivity index (χ2v) is 16.5. The van der Waals surface area contributed by atoms with Crippen LogP contribution in [0.1, 0.15) is 97.8 Å². The summed E-state index contributed by atoms with van der Waals surface area (Å²) in [6, 6.07) is 0. The lowest BCUT2D eigenvalue weighted by molar-refractivity contribution is 0.679. The molecule has 0 aliphatic rings. The van der Waals surface area contributed by atoms with Crippen LogP contribution < -0.4 is 0 Å². The van der Waals surface area contributed by atoms with Gasteiger partial charge in [-0.25, -0.2) is 0 Å². The van der Waals surface area contributed by atoms with Crippen molar-refractivity contribution in [3.05, 3.63) is 0 Å². The summed E-state index contributed by atoms with van der Waals surface area (Å²) in [6.45, 7) is 6.97. The van der Waals surface area contributed by atoms with Crippen LogP contribution in [0.2, 0.25) is 0 Å². The van der Waals surface area contributed by atoms with Crippen LogP contribution in [0.5, 0.6) is 0 Å². The summed E-state index contributed by atoms with van der Waals surface area (Å²) in [5.41, 5.74) is 0. The lowest BCUT2D eigenvalue weighted by Crippen LogP contribution is -2.13. The first-order valence-electron chi connectivity index (χ1n) is 9.28. The smallest absolute Gasteiger partial charge is 0.0329 e. The van der Waals surface area contributed by atoms with Crippen LogP contribution in [-0.2, 0) is 0 Å². The van der Waals surface area contributed by atoms with Crippen LogP contribution in [0.4, 0.5) is 0 Å². The minimum Gasteiger partial charge on any atom is -0.0774 e. The molecule has 0 aromatic heterocycles. The molecule has 0 saturated carbocycles. The molecule has 0 radical (unpaired) electrons. The van der Waals surface area contributed by atoms with Gasteiger partial charge in [-0.2, -0.15) is 0 Å². The molecule has 0 heterocycles. The molecule has 134 valence electrons. The van der Waals surface area contributed by atoms with Crippen molar-refractivity contribution >= 4 is 75.7 Å². The molecule has 0 amide bonds. The van der Waals surface area contributed by atoms with Gasteiger partial charge in [0.2, 0.25) is 0 Å². The molecule has 0 aliphatic heterocycles. The van der Waals surface area contributed by atoms with E-state index in [0.29, 0.717) is 0 Å². The van der Waals surface area contributed by atoms with Crippen molar-refractivity contribution in [2.75, 3.05) is 0 Å². The Morgan fingerprint density at radius 3 is 1.05 bits per heavy atom. The average molecular weight is 664 g/mol. The highest BCUT2D eigenvalue weighted by Crippen LogP contribution is 2.61. The van der Waals surface area contributed by atoms with Gasteiger partial charge < -0.3 is 0 Å². The topological polar surface area (TPSA) is 0 Å². The standard InChI is InChI=1S/C18H36I3P/c1-4-7-10-13-16(19)22(17(20)14-11-8-5-2)18(21)15-12-9-6-3/h16-18H,4-15H2,1-3H3. The molecule has 0 nitrogen and oxygen atoms in total. The van der Waals surface area contributed by atoms with Crippen molar-refractivity contribution in [3.8, 4) is 0 Å². The Balaban J connectivity index is 4.50. The molecule has 0 bridgehead atoms. The van der Waals surface area contributed by atoms with Gasteiger partial charge in [0.1, 0.15) is 0 Å². The lowest BCUT2D eigenvalue weighted by Gasteiger charge is -2.33. The van der Waals surface area contributed by atoms with E-state index in [4.69, 9.17) is 0 Å². The minimum atomic E-state index is 0.166. The first-order valence-corrected chi connectivity index (χ1v) is 14.6. The summed E-state index contributed by atoms with van der Waals surface area (Å²) in [6.07, 6.45) is 17.0. The first kappa shape index (κ1) is 24.6. The van der Waals surface area contributed by atoms with Gasteiger partial charge in [-0.1, -0.05) is 154 Å². The van der Waals surface area contributed by atoms with Crippen molar-refractivity contribution in [3.63, 3.8) is 0 Å². The van der Waals surface area contributed by atoms with E-state index >= 15 is 0 Å². The van der Waals surface area contributed by atoms with E-state index in [0.717, 1.165) is 11.0 Å². The van der Waals surface area contributed by atoms with Crippen molar-refractivity contribution in [2.24, 2.45) is 0 Å². The summed E-state index contributed by atoms with van der Waals surface area (Å²) < 4.78 is 2.81. The molecule has 0 aliphatic carbocycles. The van der Waals surface area contributed by atoms with Gasteiger partial charge in [0.05, 0.1) is 0 Å². The quantitative estimate of drug-likeness (QED) is 0.0709. The third-order valence-corrected chi connectivity index (χ3v) is 14.5. The van der Waals surface area contributed by atoms with E-state index < -0.39 is 0 Å². The number of rotatable bonds is 15. The van der Waals surface area contributed by atoms with Crippen LogP contribution in [0, 0.1) is 0 Å². The SMILES string of the molecule is CCCCCC(I)P(C(I)CCCCC)C(I)CCCCC. The normalized spacial score (nSPS) is 17.2. The molecule has 3 atom stereocenters. The van der Waals surface area contributed by atoms with Gasteiger partial charge in [0, 0.05) is 11.0 Å². The molecule has 0 spiro atoms. The summed E-state index contributed by atoms with van der Waals surface area (Å²) in [5.74, 6) is 0. The highest BCUT2D eigenvalue weighted by atomic mass is 127. The monoisotopic (exact) mass is 664 g/mol. The zero-order valence-electron chi connectivity index (χ0n) is 14.8. The summed E-state index contributed by atoms with van der Waals surface area (Å²) >= 11 is 8.45. The fourth-order valence-corrected chi connectivity index (χ4v) is 19.0. The van der Waals surface area contributed by atoms with E-state index in [9.17, 15) is 0 Å². The van der Waals surface area contributed by atoms with E-state index in [1.165, 1.54) is 77.0 Å². The van der Waals surface area contributed by atoms with Crippen LogP contribution in [-0.4, -0.2) is 11.0 Å². The molecule has 4 heteroatoms. The highest BCUT2D eigenvalue weighted by molar-refractivity contribution is 14.1. The molecule has 0 fully saturated rings. The van der Waals surface area contributed by atoms with E-state index in [2.05, 4.69) is 88.5 Å². The Bertz CT molecular complexity index is 200. The Labute approximate surface area is 182 Å². The predicted molar refractivity (Wildman–Crippen MR) is 133 cm³/mol. The lowest BCUT2D eigenvalue weighted by atomic mass is 10.2. The van der Waals surface area contributed by atoms with Gasteiger partial charge in [-0.15, -0.1) is 0 Å². The van der Waals surface area contributed by atoms with Crippen molar-refractivity contribution in [1.82, 2.24) is 0 Å². The number of halogens is 3. The molecule has 22 heavy (non-hydrogen) atoms. The fourth-order valence-electron chi connectivity index (χ4n) is 2.66. The molecule has 3 unspecified atom stereocenters. The second kappa shape index (κ2) is 17.1. The minimum absolute atomic E-state index is 0.166. The van der Waals surface area contributed by atoms with Gasteiger partial charge in [0.25, 0.3) is 0 Å². The third kappa shape index (κ3) is 12.1. The van der Waals surface area contributed by atoms with Gasteiger partial charge >= 0.3 is 0 Å². The largest absolute Gasteiger partial charge is 0.0774 e. The molecular formula is C18H36I3P. The fraction of sp³-hybridized carbons (Fsp3) is 1.00. The maximum atomic E-state index is 2.82. The Hall–Kier alpha value is 2.62. The Kier molecular flexibility index (Phi) is 19.1. The molecule has 0 aromatic carbocycles. The van der Waals surface area contributed by atoms with Crippen LogP contribution in [0.25, 0.3) is 0 Å². The van der Waals surface area contributed by atoms with Gasteiger partial charge in [-0.05, 0) is 19.3 Å². The molecule has 0 N–H and O–H groups in total. The summed E-state index contributed by atoms with van der Waals surface area (Å²) in [4.78, 5) is 0. The summed E-state index contributed by atoms with van der Waals surface area (Å²) in [5, 5.41) is 0. The van der Waals surface area contributed by atoms with Crippen molar-refractivity contribution in [2.45, 2.75) is 109 Å². The maximum Gasteiger partial charge on any atom is 0.0329 e. The van der Waals surface area contributed by atoms with Gasteiger partial charge in [0.15, 0.2) is 0 Å². The Morgan fingerprint density at radius 2 is 0.818 bits per heavy atom. The number of hydrogen-bond acceptors (Lipinski definition) is 0. The van der Waals surface area contributed by atoms with E-state index in [1.54, 1.807) is 0 Å². The number of unbranched alkanes of at least 4 members (excludes halogenated alkanes) is 6. The molecule has 0 aromatic rings. The number of hydrogen-bond donors (Lipinski definition) is 0. The highest BCUT2D eigenvalue weighted by Gasteiger charge is 2.30. The average Bonchev–Trinajstić information content (AvgIpc) is 2.48. The predicted octanol–water partition coefficient (Wildman–Crippen LogP) is 9.49.